The SMILES string of the molecule is COc1ccc(OC)c(CCn2cnc3ccc(-c4ccc(NC(C)=O)nc4C)cc3c2=O)c1. The minimum atomic E-state index is -0.177. The summed E-state index contributed by atoms with van der Waals surface area (Å²) in [6.07, 6.45) is 2.16. The number of pyridine rings is 1. The first-order valence-electron chi connectivity index (χ1n) is 10.9. The number of rotatable bonds is 7. The lowest BCUT2D eigenvalue weighted by Crippen LogP contribution is -2.21. The molecule has 2 heterocycles. The van der Waals surface area contributed by atoms with E-state index in [2.05, 4.69) is 15.3 Å². The van der Waals surface area contributed by atoms with Gasteiger partial charge in [-0.15, -0.1) is 0 Å². The lowest BCUT2D eigenvalue weighted by Gasteiger charge is -2.12. The normalized spacial score (nSPS) is 10.8. The first kappa shape index (κ1) is 23.0. The van der Waals surface area contributed by atoms with Gasteiger partial charge in [-0.2, -0.15) is 0 Å². The summed E-state index contributed by atoms with van der Waals surface area (Å²) in [5.74, 6) is 1.79. The van der Waals surface area contributed by atoms with Crippen LogP contribution in [-0.4, -0.2) is 34.7 Å². The second kappa shape index (κ2) is 9.74. The molecule has 0 atom stereocenters. The van der Waals surface area contributed by atoms with Crippen molar-refractivity contribution < 1.29 is 14.3 Å². The number of hydrogen-bond donors (Lipinski definition) is 1. The van der Waals surface area contributed by atoms with Crippen LogP contribution in [0.25, 0.3) is 22.0 Å². The predicted molar refractivity (Wildman–Crippen MR) is 132 cm³/mol. The molecule has 0 spiro atoms. The highest BCUT2D eigenvalue weighted by Gasteiger charge is 2.11. The summed E-state index contributed by atoms with van der Waals surface area (Å²) in [4.78, 5) is 33.5. The van der Waals surface area contributed by atoms with Gasteiger partial charge >= 0.3 is 0 Å². The monoisotopic (exact) mass is 458 g/mol. The van der Waals surface area contributed by atoms with Gasteiger partial charge in [-0.25, -0.2) is 9.97 Å². The third-order valence-corrected chi connectivity index (χ3v) is 5.63. The number of nitrogens with zero attached hydrogens (tertiary/aromatic N) is 3. The summed E-state index contributed by atoms with van der Waals surface area (Å²) >= 11 is 0. The Morgan fingerprint density at radius 2 is 1.88 bits per heavy atom. The number of carbonyl (C=O) groups is 1. The van der Waals surface area contributed by atoms with Gasteiger partial charge in [0.1, 0.15) is 17.3 Å². The van der Waals surface area contributed by atoms with E-state index in [0.717, 1.165) is 33.9 Å². The highest BCUT2D eigenvalue weighted by molar-refractivity contribution is 5.88. The zero-order chi connectivity index (χ0) is 24.2. The molecule has 0 fully saturated rings. The van der Waals surface area contributed by atoms with Crippen molar-refractivity contribution in [2.75, 3.05) is 19.5 Å². The van der Waals surface area contributed by atoms with Gasteiger partial charge in [0.05, 0.1) is 31.4 Å². The minimum absolute atomic E-state index is 0.116. The third kappa shape index (κ3) is 4.76. The number of benzene rings is 2. The maximum absolute atomic E-state index is 13.3. The van der Waals surface area contributed by atoms with Crippen LogP contribution in [-0.2, 0) is 17.8 Å². The molecule has 1 N–H and O–H groups in total. The van der Waals surface area contributed by atoms with Gasteiger partial charge in [0.2, 0.25) is 5.91 Å². The Kier molecular flexibility index (Phi) is 6.58. The molecular weight excluding hydrogens is 432 g/mol. The molecule has 0 saturated heterocycles. The zero-order valence-electron chi connectivity index (χ0n) is 19.6. The lowest BCUT2D eigenvalue weighted by molar-refractivity contribution is -0.114. The van der Waals surface area contributed by atoms with E-state index in [1.807, 2.05) is 49.4 Å². The molecule has 0 bridgehead atoms. The Morgan fingerprint density at radius 3 is 2.59 bits per heavy atom. The maximum Gasteiger partial charge on any atom is 0.261 e. The average Bonchev–Trinajstić information content (AvgIpc) is 2.83. The molecule has 2 aromatic heterocycles. The number of anilines is 1. The molecule has 34 heavy (non-hydrogen) atoms. The van der Waals surface area contributed by atoms with Gasteiger partial charge in [0, 0.05) is 24.7 Å². The van der Waals surface area contributed by atoms with Crippen molar-refractivity contribution >= 4 is 22.6 Å². The molecule has 4 aromatic rings. The number of hydrogen-bond acceptors (Lipinski definition) is 6. The third-order valence-electron chi connectivity index (χ3n) is 5.63. The summed E-state index contributed by atoms with van der Waals surface area (Å²) in [5.41, 5.74) is 3.95. The second-order valence-electron chi connectivity index (χ2n) is 7.91. The van der Waals surface area contributed by atoms with Crippen molar-refractivity contribution in [1.29, 1.82) is 0 Å². The quantitative estimate of drug-likeness (QED) is 0.450. The fourth-order valence-corrected chi connectivity index (χ4v) is 3.92. The number of amides is 1. The van der Waals surface area contributed by atoms with Gasteiger partial charge in [0.25, 0.3) is 5.56 Å². The van der Waals surface area contributed by atoms with Crippen molar-refractivity contribution in [3.05, 3.63) is 76.5 Å². The lowest BCUT2D eigenvalue weighted by atomic mass is 10.0. The van der Waals surface area contributed by atoms with Crippen LogP contribution in [0.4, 0.5) is 5.82 Å². The number of aryl methyl sites for hydroxylation is 3. The van der Waals surface area contributed by atoms with Gasteiger partial charge in [-0.05, 0) is 66.9 Å². The first-order valence-corrected chi connectivity index (χ1v) is 10.9. The molecule has 8 nitrogen and oxygen atoms in total. The van der Waals surface area contributed by atoms with E-state index in [0.29, 0.717) is 29.7 Å². The largest absolute Gasteiger partial charge is 0.497 e. The Balaban J connectivity index is 1.65. The van der Waals surface area contributed by atoms with Gasteiger partial charge in [-0.3, -0.25) is 14.2 Å². The van der Waals surface area contributed by atoms with E-state index in [9.17, 15) is 9.59 Å². The van der Waals surface area contributed by atoms with E-state index in [4.69, 9.17) is 9.47 Å². The number of ether oxygens (including phenoxy) is 2. The molecule has 174 valence electrons. The molecule has 0 saturated carbocycles. The summed E-state index contributed by atoms with van der Waals surface area (Å²) in [7, 11) is 3.24. The summed E-state index contributed by atoms with van der Waals surface area (Å²) in [5, 5.41) is 3.21. The molecule has 2 aromatic carbocycles. The molecule has 0 unspecified atom stereocenters. The topological polar surface area (TPSA) is 95.3 Å². The van der Waals surface area contributed by atoms with E-state index < -0.39 is 0 Å². The van der Waals surface area contributed by atoms with E-state index >= 15 is 0 Å². The molecule has 4 rings (SSSR count). The second-order valence-corrected chi connectivity index (χ2v) is 7.91. The van der Waals surface area contributed by atoms with Crippen LogP contribution in [0.5, 0.6) is 11.5 Å². The zero-order valence-corrected chi connectivity index (χ0v) is 19.6. The minimum Gasteiger partial charge on any atom is -0.497 e. The average molecular weight is 459 g/mol. The molecule has 0 radical (unpaired) electrons. The van der Waals surface area contributed by atoms with Crippen LogP contribution < -0.4 is 20.3 Å². The number of nitrogens with one attached hydrogen (secondary N) is 1. The van der Waals surface area contributed by atoms with Crippen molar-refractivity contribution in [2.24, 2.45) is 0 Å². The number of fused-ring (bicyclic) bond motifs is 1. The Morgan fingerprint density at radius 1 is 1.06 bits per heavy atom. The van der Waals surface area contributed by atoms with E-state index in [1.54, 1.807) is 31.2 Å². The fourth-order valence-electron chi connectivity index (χ4n) is 3.92. The van der Waals surface area contributed by atoms with Gasteiger partial charge in [-0.1, -0.05) is 6.07 Å². The summed E-state index contributed by atoms with van der Waals surface area (Å²) in [6.45, 7) is 3.76. The van der Waals surface area contributed by atoms with Crippen molar-refractivity contribution in [3.8, 4) is 22.6 Å². The number of carbonyl (C=O) groups excluding carboxylic acids is 1. The molecular formula is C26H26N4O4. The highest BCUT2D eigenvalue weighted by atomic mass is 16.5. The standard InChI is InChI=1S/C26H26N4O4/c1-16-21(7-10-25(28-16)29-17(2)31)18-5-8-23-22(14-18)26(32)30(15-27-23)12-11-19-13-20(33-3)6-9-24(19)34-4/h5-10,13-15H,11-12H2,1-4H3,(H,28,29,31). The van der Waals surface area contributed by atoms with Crippen LogP contribution >= 0.6 is 0 Å². The highest BCUT2D eigenvalue weighted by Crippen LogP contribution is 2.27. The van der Waals surface area contributed by atoms with Crippen molar-refractivity contribution in [1.82, 2.24) is 14.5 Å². The van der Waals surface area contributed by atoms with Crippen LogP contribution in [0.2, 0.25) is 0 Å². The van der Waals surface area contributed by atoms with Crippen molar-refractivity contribution in [3.63, 3.8) is 0 Å². The Labute approximate surface area is 197 Å². The first-order chi connectivity index (χ1) is 16.4. The van der Waals surface area contributed by atoms with Crippen LogP contribution in [0, 0.1) is 6.92 Å². The Hall–Kier alpha value is -4.20. The van der Waals surface area contributed by atoms with E-state index in [1.165, 1.54) is 6.92 Å². The molecule has 8 heteroatoms. The predicted octanol–water partition coefficient (Wildman–Crippen LogP) is 3.99. The Bertz CT molecular complexity index is 1430. The van der Waals surface area contributed by atoms with Crippen LogP contribution in [0.15, 0.2) is 59.7 Å². The molecule has 0 aliphatic carbocycles. The van der Waals surface area contributed by atoms with Crippen molar-refractivity contribution in [2.45, 2.75) is 26.8 Å². The van der Waals surface area contributed by atoms with E-state index in [-0.39, 0.29) is 11.5 Å². The molecule has 1 amide bonds. The van der Waals surface area contributed by atoms with Crippen LogP contribution in [0.3, 0.4) is 0 Å². The summed E-state index contributed by atoms with van der Waals surface area (Å²) < 4.78 is 12.4. The molecule has 0 aliphatic heterocycles. The smallest absolute Gasteiger partial charge is 0.261 e. The maximum atomic E-state index is 13.3. The van der Waals surface area contributed by atoms with Gasteiger partial charge in [0.15, 0.2) is 0 Å². The van der Waals surface area contributed by atoms with Crippen LogP contribution in [0.1, 0.15) is 18.2 Å². The fraction of sp³-hybridized carbons (Fsp3) is 0.231. The number of methoxy groups -OCH3 is 2. The number of aromatic nitrogens is 3. The van der Waals surface area contributed by atoms with Gasteiger partial charge < -0.3 is 14.8 Å². The molecule has 0 aliphatic rings. The summed E-state index contributed by atoms with van der Waals surface area (Å²) in [6, 6.07) is 14.8.